The first-order valence-electron chi connectivity index (χ1n) is 7.51. The number of nitrogens with one attached hydrogen (secondary N) is 1. The van der Waals surface area contributed by atoms with Gasteiger partial charge >= 0.3 is 0 Å². The van der Waals surface area contributed by atoms with E-state index in [1.165, 1.54) is 0 Å². The number of hydrogen-bond acceptors (Lipinski definition) is 3. The van der Waals surface area contributed by atoms with Crippen LogP contribution in [0.2, 0.25) is 0 Å². The lowest BCUT2D eigenvalue weighted by atomic mass is 10.0. The number of nitrogens with two attached hydrogens (primary N) is 1. The summed E-state index contributed by atoms with van der Waals surface area (Å²) in [4.78, 5) is 12.2. The summed E-state index contributed by atoms with van der Waals surface area (Å²) in [6.07, 6.45) is 0.303. The highest BCUT2D eigenvalue weighted by Crippen LogP contribution is 2.26. The maximum Gasteiger partial charge on any atom is 0.261 e. The van der Waals surface area contributed by atoms with Crippen molar-refractivity contribution in [2.24, 2.45) is 5.73 Å². The molecule has 0 saturated heterocycles. The monoisotopic (exact) mass is 292 g/mol. The van der Waals surface area contributed by atoms with Crippen molar-refractivity contribution in [3.8, 4) is 5.75 Å². The molecule has 0 fully saturated rings. The van der Waals surface area contributed by atoms with Gasteiger partial charge in [0.2, 0.25) is 0 Å². The summed E-state index contributed by atoms with van der Waals surface area (Å²) in [5, 5.41) is 2.99. The summed E-state index contributed by atoms with van der Waals surface area (Å²) >= 11 is 0. The Bertz CT molecular complexity index is 496. The van der Waals surface area contributed by atoms with Gasteiger partial charge in [-0.2, -0.15) is 0 Å². The van der Waals surface area contributed by atoms with Gasteiger partial charge in [-0.1, -0.05) is 24.6 Å². The van der Waals surface area contributed by atoms with Gasteiger partial charge in [0.05, 0.1) is 0 Å². The Morgan fingerprint density at radius 3 is 2.52 bits per heavy atom. The molecule has 0 bridgehead atoms. The van der Waals surface area contributed by atoms with Crippen molar-refractivity contribution in [2.75, 3.05) is 0 Å². The topological polar surface area (TPSA) is 64.3 Å². The molecule has 4 nitrogen and oxygen atoms in total. The van der Waals surface area contributed by atoms with E-state index in [4.69, 9.17) is 10.5 Å². The fourth-order valence-electron chi connectivity index (χ4n) is 1.90. The Labute approximate surface area is 128 Å². The summed E-state index contributed by atoms with van der Waals surface area (Å²) in [7, 11) is 0. The lowest BCUT2D eigenvalue weighted by Crippen LogP contribution is -2.48. The van der Waals surface area contributed by atoms with E-state index in [9.17, 15) is 4.79 Å². The molecule has 0 radical (unpaired) electrons. The Kier molecular flexibility index (Phi) is 5.78. The van der Waals surface area contributed by atoms with Crippen molar-refractivity contribution in [3.63, 3.8) is 0 Å². The van der Waals surface area contributed by atoms with E-state index in [0.29, 0.717) is 5.75 Å². The highest BCUT2D eigenvalue weighted by Gasteiger charge is 2.23. The third-order valence-electron chi connectivity index (χ3n) is 3.67. The minimum atomic E-state index is -0.559. The largest absolute Gasteiger partial charge is 0.481 e. The van der Waals surface area contributed by atoms with Crippen molar-refractivity contribution in [1.82, 2.24) is 5.32 Å². The minimum absolute atomic E-state index is 0.113. The smallest absolute Gasteiger partial charge is 0.261 e. The lowest BCUT2D eigenvalue weighted by Gasteiger charge is -2.27. The molecular weight excluding hydrogens is 264 g/mol. The van der Waals surface area contributed by atoms with Crippen molar-refractivity contribution in [2.45, 2.75) is 65.6 Å². The molecular formula is C17H28N2O2. The van der Waals surface area contributed by atoms with Gasteiger partial charge in [0.1, 0.15) is 5.75 Å². The third kappa shape index (κ3) is 5.05. The standard InChI is InChI=1S/C17H28N2O2/c1-7-17(5,6)19-16(20)13(4)21-15-9-8-11(2)10-14(15)12(3)18/h8-10,12-13H,7,18H2,1-6H3,(H,19,20)/t12-,13?/m0/s1. The minimum Gasteiger partial charge on any atom is -0.481 e. The number of aryl methyl sites for hydroxylation is 1. The fraction of sp³-hybridized carbons (Fsp3) is 0.588. The third-order valence-corrected chi connectivity index (χ3v) is 3.67. The van der Waals surface area contributed by atoms with Crippen LogP contribution in [0.5, 0.6) is 5.75 Å². The summed E-state index contributed by atoms with van der Waals surface area (Å²) < 4.78 is 5.82. The quantitative estimate of drug-likeness (QED) is 0.847. The summed E-state index contributed by atoms with van der Waals surface area (Å²) in [6.45, 7) is 11.7. The SMILES string of the molecule is CCC(C)(C)NC(=O)C(C)Oc1ccc(C)cc1[C@H](C)N. The number of ether oxygens (including phenoxy) is 1. The van der Waals surface area contributed by atoms with Gasteiger partial charge in [-0.05, 0) is 47.1 Å². The van der Waals surface area contributed by atoms with Gasteiger partial charge in [0.25, 0.3) is 5.91 Å². The molecule has 1 rings (SSSR count). The molecule has 0 spiro atoms. The first-order chi connectivity index (χ1) is 9.66. The molecule has 1 unspecified atom stereocenters. The van der Waals surface area contributed by atoms with E-state index < -0.39 is 6.10 Å². The predicted molar refractivity (Wildman–Crippen MR) is 86.4 cm³/mol. The van der Waals surface area contributed by atoms with Crippen LogP contribution >= 0.6 is 0 Å². The molecule has 0 aliphatic heterocycles. The molecule has 0 aromatic heterocycles. The number of hydrogen-bond donors (Lipinski definition) is 2. The molecule has 1 aromatic carbocycles. The first kappa shape index (κ1) is 17.5. The summed E-state index contributed by atoms with van der Waals surface area (Å²) in [5.74, 6) is 0.561. The molecule has 0 heterocycles. The van der Waals surface area contributed by atoms with Gasteiger partial charge in [-0.3, -0.25) is 4.79 Å². The van der Waals surface area contributed by atoms with Crippen LogP contribution in [0.1, 0.15) is 58.2 Å². The first-order valence-corrected chi connectivity index (χ1v) is 7.51. The molecule has 0 aliphatic rings. The molecule has 0 saturated carbocycles. The van der Waals surface area contributed by atoms with E-state index in [0.717, 1.165) is 17.5 Å². The molecule has 21 heavy (non-hydrogen) atoms. The Hall–Kier alpha value is -1.55. The second kappa shape index (κ2) is 6.94. The van der Waals surface area contributed by atoms with Crippen molar-refractivity contribution in [1.29, 1.82) is 0 Å². The highest BCUT2D eigenvalue weighted by molar-refractivity contribution is 5.81. The van der Waals surface area contributed by atoms with E-state index in [1.807, 2.05) is 52.8 Å². The van der Waals surface area contributed by atoms with Crippen molar-refractivity contribution >= 4 is 5.91 Å². The van der Waals surface area contributed by atoms with Gasteiger partial charge in [-0.15, -0.1) is 0 Å². The molecule has 3 N–H and O–H groups in total. The average molecular weight is 292 g/mol. The van der Waals surface area contributed by atoms with E-state index in [2.05, 4.69) is 5.32 Å². The molecule has 1 aromatic rings. The van der Waals surface area contributed by atoms with Gasteiger partial charge in [-0.25, -0.2) is 0 Å². The van der Waals surface area contributed by atoms with Gasteiger partial charge < -0.3 is 15.8 Å². The van der Waals surface area contributed by atoms with Gasteiger partial charge in [0.15, 0.2) is 6.10 Å². The Morgan fingerprint density at radius 2 is 2.00 bits per heavy atom. The van der Waals surface area contributed by atoms with Crippen LogP contribution in [0, 0.1) is 6.92 Å². The molecule has 2 atom stereocenters. The molecule has 1 amide bonds. The zero-order chi connectivity index (χ0) is 16.2. The van der Waals surface area contributed by atoms with Crippen LogP contribution in [0.4, 0.5) is 0 Å². The lowest BCUT2D eigenvalue weighted by molar-refractivity contribution is -0.129. The zero-order valence-electron chi connectivity index (χ0n) is 14.0. The van der Waals surface area contributed by atoms with E-state index in [-0.39, 0.29) is 17.5 Å². The second-order valence-corrected chi connectivity index (χ2v) is 6.32. The highest BCUT2D eigenvalue weighted by atomic mass is 16.5. The van der Waals surface area contributed by atoms with Crippen molar-refractivity contribution < 1.29 is 9.53 Å². The van der Waals surface area contributed by atoms with Crippen molar-refractivity contribution in [3.05, 3.63) is 29.3 Å². The fourth-order valence-corrected chi connectivity index (χ4v) is 1.90. The number of rotatable bonds is 6. The van der Waals surface area contributed by atoms with E-state index >= 15 is 0 Å². The van der Waals surface area contributed by atoms with E-state index in [1.54, 1.807) is 6.92 Å². The summed E-state index contributed by atoms with van der Waals surface area (Å²) in [5.41, 5.74) is 7.79. The maximum absolute atomic E-state index is 12.2. The molecule has 4 heteroatoms. The normalized spacial score (nSPS) is 14.4. The van der Waals surface area contributed by atoms with Crippen LogP contribution in [-0.2, 0) is 4.79 Å². The number of amides is 1. The van der Waals surface area contributed by atoms with Gasteiger partial charge in [0, 0.05) is 17.1 Å². The molecule has 0 aliphatic carbocycles. The second-order valence-electron chi connectivity index (χ2n) is 6.32. The maximum atomic E-state index is 12.2. The summed E-state index contributed by atoms with van der Waals surface area (Å²) in [6, 6.07) is 5.70. The number of carbonyl (C=O) groups is 1. The van der Waals surface area contributed by atoms with Crippen LogP contribution < -0.4 is 15.8 Å². The Morgan fingerprint density at radius 1 is 1.38 bits per heavy atom. The number of benzene rings is 1. The van der Waals surface area contributed by atoms with Crippen LogP contribution in [0.25, 0.3) is 0 Å². The number of carbonyl (C=O) groups excluding carboxylic acids is 1. The zero-order valence-corrected chi connectivity index (χ0v) is 14.0. The predicted octanol–water partition coefficient (Wildman–Crippen LogP) is 3.09. The van der Waals surface area contributed by atoms with Crippen LogP contribution in [0.15, 0.2) is 18.2 Å². The average Bonchev–Trinajstić information content (AvgIpc) is 2.40. The van der Waals surface area contributed by atoms with Crippen LogP contribution in [0.3, 0.4) is 0 Å². The van der Waals surface area contributed by atoms with Crippen LogP contribution in [-0.4, -0.2) is 17.6 Å². The Balaban J connectivity index is 2.84. The molecule has 118 valence electrons.